The fourth-order valence-electron chi connectivity index (χ4n) is 2.33. The quantitative estimate of drug-likeness (QED) is 0.568. The molecule has 3 aromatic carbocycles. The number of anilines is 2. The summed E-state index contributed by atoms with van der Waals surface area (Å²) in [5, 5.41) is 0. The number of rotatable bonds is 7. The van der Waals surface area contributed by atoms with Crippen LogP contribution in [0.25, 0.3) is 0 Å². The van der Waals surface area contributed by atoms with Crippen molar-refractivity contribution in [3.05, 3.63) is 90.5 Å². The normalized spacial score (nSPS) is 11.0. The van der Waals surface area contributed by atoms with E-state index < -0.39 is 10.0 Å². The number of para-hydroxylation sites is 1. The Morgan fingerprint density at radius 2 is 1.36 bits per heavy atom. The molecule has 3 N–H and O–H groups in total. The van der Waals surface area contributed by atoms with E-state index in [4.69, 9.17) is 0 Å². The summed E-state index contributed by atoms with van der Waals surface area (Å²) < 4.78 is 27.4. The number of benzene rings is 3. The summed E-state index contributed by atoms with van der Waals surface area (Å²) in [6, 6.07) is 25.4. The Bertz CT molecular complexity index is 914. The van der Waals surface area contributed by atoms with Crippen LogP contribution >= 0.6 is 0 Å². The SMILES string of the molecule is O=S(=O)(Nc1cccc(CNNc2ccccc2)c1)c1ccccc1. The monoisotopic (exact) mass is 353 g/mol. The molecule has 0 aliphatic carbocycles. The van der Waals surface area contributed by atoms with Gasteiger partial charge in [0.1, 0.15) is 0 Å². The lowest BCUT2D eigenvalue weighted by atomic mass is 10.2. The van der Waals surface area contributed by atoms with Crippen LogP contribution in [-0.4, -0.2) is 8.42 Å². The van der Waals surface area contributed by atoms with Gasteiger partial charge in [0.2, 0.25) is 0 Å². The summed E-state index contributed by atoms with van der Waals surface area (Å²) in [6.07, 6.45) is 0. The zero-order chi connectivity index (χ0) is 17.5. The van der Waals surface area contributed by atoms with Crippen molar-refractivity contribution >= 4 is 21.4 Å². The lowest BCUT2D eigenvalue weighted by molar-refractivity contribution is 0.601. The Hall–Kier alpha value is -2.83. The lowest BCUT2D eigenvalue weighted by Crippen LogP contribution is -2.21. The molecule has 5 nitrogen and oxygen atoms in total. The van der Waals surface area contributed by atoms with Gasteiger partial charge in [-0.3, -0.25) is 4.72 Å². The molecule has 6 heteroatoms. The van der Waals surface area contributed by atoms with Crippen molar-refractivity contribution in [1.82, 2.24) is 5.43 Å². The molecule has 0 saturated heterocycles. The smallest absolute Gasteiger partial charge is 0.261 e. The molecule has 0 heterocycles. The third-order valence-corrected chi connectivity index (χ3v) is 4.93. The van der Waals surface area contributed by atoms with Gasteiger partial charge in [0.25, 0.3) is 10.0 Å². The molecule has 0 fully saturated rings. The van der Waals surface area contributed by atoms with Gasteiger partial charge in [-0.15, -0.1) is 0 Å². The van der Waals surface area contributed by atoms with Gasteiger partial charge < -0.3 is 5.43 Å². The molecule has 0 spiro atoms. The number of hydrogen-bond donors (Lipinski definition) is 3. The minimum atomic E-state index is -3.58. The molecular weight excluding hydrogens is 334 g/mol. The first kappa shape index (κ1) is 17.0. The Balaban J connectivity index is 1.63. The van der Waals surface area contributed by atoms with Gasteiger partial charge >= 0.3 is 0 Å². The lowest BCUT2D eigenvalue weighted by Gasteiger charge is -2.11. The Kier molecular flexibility index (Phi) is 5.33. The topological polar surface area (TPSA) is 70.2 Å². The number of sulfonamides is 1. The summed E-state index contributed by atoms with van der Waals surface area (Å²) in [7, 11) is -3.58. The van der Waals surface area contributed by atoms with E-state index in [1.807, 2.05) is 42.5 Å². The van der Waals surface area contributed by atoms with Crippen LogP contribution in [0.15, 0.2) is 89.8 Å². The third-order valence-electron chi connectivity index (χ3n) is 3.53. The van der Waals surface area contributed by atoms with Crippen molar-refractivity contribution in [2.75, 3.05) is 10.1 Å². The average Bonchev–Trinajstić information content (AvgIpc) is 2.63. The van der Waals surface area contributed by atoms with Crippen molar-refractivity contribution in [3.8, 4) is 0 Å². The maximum Gasteiger partial charge on any atom is 0.261 e. The molecule has 128 valence electrons. The van der Waals surface area contributed by atoms with E-state index >= 15 is 0 Å². The Morgan fingerprint density at radius 3 is 2.08 bits per heavy atom. The van der Waals surface area contributed by atoms with Crippen molar-refractivity contribution in [2.45, 2.75) is 11.4 Å². The Labute approximate surface area is 147 Å². The maximum atomic E-state index is 12.4. The van der Waals surface area contributed by atoms with Crippen LogP contribution in [0.2, 0.25) is 0 Å². The van der Waals surface area contributed by atoms with Gasteiger partial charge in [-0.25, -0.2) is 13.8 Å². The van der Waals surface area contributed by atoms with Crippen molar-refractivity contribution in [3.63, 3.8) is 0 Å². The Morgan fingerprint density at radius 1 is 0.720 bits per heavy atom. The number of hydrazine groups is 1. The zero-order valence-corrected chi connectivity index (χ0v) is 14.3. The first-order chi connectivity index (χ1) is 12.1. The zero-order valence-electron chi connectivity index (χ0n) is 13.5. The molecular formula is C19H19N3O2S. The first-order valence-corrected chi connectivity index (χ1v) is 9.32. The molecule has 3 rings (SSSR count). The van der Waals surface area contributed by atoms with Gasteiger partial charge in [0.05, 0.1) is 4.90 Å². The molecule has 0 aliphatic rings. The van der Waals surface area contributed by atoms with Crippen LogP contribution in [0.5, 0.6) is 0 Å². The molecule has 0 saturated carbocycles. The molecule has 0 radical (unpaired) electrons. The van der Waals surface area contributed by atoms with Crippen LogP contribution in [-0.2, 0) is 16.6 Å². The number of nitrogens with one attached hydrogen (secondary N) is 3. The van der Waals surface area contributed by atoms with Crippen LogP contribution in [0.3, 0.4) is 0 Å². The second kappa shape index (κ2) is 7.83. The third kappa shape index (κ3) is 4.82. The van der Waals surface area contributed by atoms with Crippen molar-refractivity contribution in [1.29, 1.82) is 0 Å². The van der Waals surface area contributed by atoms with E-state index in [2.05, 4.69) is 15.6 Å². The summed E-state index contributed by atoms with van der Waals surface area (Å²) in [5.41, 5.74) is 8.66. The van der Waals surface area contributed by atoms with Gasteiger partial charge in [0, 0.05) is 17.9 Å². The van der Waals surface area contributed by atoms with Crippen LogP contribution in [0.1, 0.15) is 5.56 Å². The predicted octanol–water partition coefficient (Wildman–Crippen LogP) is 3.60. The van der Waals surface area contributed by atoms with E-state index in [1.54, 1.807) is 42.5 Å². The fourth-order valence-corrected chi connectivity index (χ4v) is 3.40. The molecule has 0 unspecified atom stereocenters. The minimum absolute atomic E-state index is 0.240. The standard InChI is InChI=1S/C19H19N3O2S/c23-25(24,19-12-5-2-6-13-19)22-18-11-7-8-16(14-18)15-20-21-17-9-3-1-4-10-17/h1-14,20-22H,15H2. The van der Waals surface area contributed by atoms with E-state index in [9.17, 15) is 8.42 Å². The molecule has 25 heavy (non-hydrogen) atoms. The summed E-state index contributed by atoms with van der Waals surface area (Å²) in [4.78, 5) is 0.240. The molecule has 0 aromatic heterocycles. The highest BCUT2D eigenvalue weighted by molar-refractivity contribution is 7.92. The molecule has 0 aliphatic heterocycles. The van der Waals surface area contributed by atoms with Crippen molar-refractivity contribution < 1.29 is 8.42 Å². The second-order valence-electron chi connectivity index (χ2n) is 5.46. The van der Waals surface area contributed by atoms with E-state index in [1.165, 1.54) is 0 Å². The average molecular weight is 353 g/mol. The van der Waals surface area contributed by atoms with Gasteiger partial charge in [0.15, 0.2) is 0 Å². The van der Waals surface area contributed by atoms with E-state index in [0.717, 1.165) is 11.3 Å². The second-order valence-corrected chi connectivity index (χ2v) is 7.15. The van der Waals surface area contributed by atoms with Gasteiger partial charge in [-0.05, 0) is 42.0 Å². The van der Waals surface area contributed by atoms with Gasteiger partial charge in [-0.1, -0.05) is 48.5 Å². The first-order valence-electron chi connectivity index (χ1n) is 7.84. The predicted molar refractivity (Wildman–Crippen MR) is 101 cm³/mol. The highest BCUT2D eigenvalue weighted by atomic mass is 32.2. The van der Waals surface area contributed by atoms with E-state index in [0.29, 0.717) is 12.2 Å². The molecule has 0 amide bonds. The van der Waals surface area contributed by atoms with Crippen LogP contribution < -0.4 is 15.6 Å². The van der Waals surface area contributed by atoms with Crippen molar-refractivity contribution in [2.24, 2.45) is 0 Å². The van der Waals surface area contributed by atoms with Crippen LogP contribution in [0.4, 0.5) is 11.4 Å². The molecule has 3 aromatic rings. The molecule has 0 atom stereocenters. The summed E-state index contributed by atoms with van der Waals surface area (Å²) in [5.74, 6) is 0. The maximum absolute atomic E-state index is 12.4. The van der Waals surface area contributed by atoms with E-state index in [-0.39, 0.29) is 4.90 Å². The molecule has 0 bridgehead atoms. The highest BCUT2D eigenvalue weighted by Crippen LogP contribution is 2.17. The largest absolute Gasteiger partial charge is 0.321 e. The fraction of sp³-hybridized carbons (Fsp3) is 0.0526. The summed E-state index contributed by atoms with van der Waals surface area (Å²) in [6.45, 7) is 0.551. The summed E-state index contributed by atoms with van der Waals surface area (Å²) >= 11 is 0. The number of hydrogen-bond acceptors (Lipinski definition) is 4. The van der Waals surface area contributed by atoms with Gasteiger partial charge in [-0.2, -0.15) is 0 Å². The van der Waals surface area contributed by atoms with Crippen LogP contribution in [0, 0.1) is 0 Å². The minimum Gasteiger partial charge on any atom is -0.321 e. The highest BCUT2D eigenvalue weighted by Gasteiger charge is 2.13.